The van der Waals surface area contributed by atoms with Gasteiger partial charge in [-0.15, -0.1) is 0 Å². The zero-order valence-electron chi connectivity index (χ0n) is 12.3. The average molecular weight is 263 g/mol. The number of aliphatic hydroxyl groups is 1. The first kappa shape index (κ1) is 14.3. The summed E-state index contributed by atoms with van der Waals surface area (Å²) < 4.78 is 0. The Hall–Kier alpha value is -1.16. The minimum absolute atomic E-state index is 0.205. The Bertz CT molecular complexity index is 420. The van der Waals surface area contributed by atoms with Crippen LogP contribution in [0.2, 0.25) is 0 Å². The van der Waals surface area contributed by atoms with Crippen LogP contribution < -0.4 is 4.90 Å². The van der Waals surface area contributed by atoms with Gasteiger partial charge in [0.2, 0.25) is 0 Å². The first-order valence-corrected chi connectivity index (χ1v) is 7.35. The SMILES string of the molecule is Cc1cc(N2CCCCCC2CO)nc(C(C)C)n1. The lowest BCUT2D eigenvalue weighted by molar-refractivity contribution is 0.254. The molecule has 1 atom stereocenters. The fraction of sp³-hybridized carbons (Fsp3) is 0.733. The zero-order chi connectivity index (χ0) is 13.8. The number of anilines is 1. The fourth-order valence-electron chi connectivity index (χ4n) is 2.65. The van der Waals surface area contributed by atoms with Crippen molar-refractivity contribution in [2.24, 2.45) is 0 Å². The monoisotopic (exact) mass is 263 g/mol. The predicted octanol–water partition coefficient (Wildman–Crippen LogP) is 2.65. The van der Waals surface area contributed by atoms with Gasteiger partial charge < -0.3 is 10.0 Å². The molecule has 2 rings (SSSR count). The number of aromatic nitrogens is 2. The van der Waals surface area contributed by atoms with Crippen LogP contribution in [0.4, 0.5) is 5.82 Å². The molecule has 0 saturated carbocycles. The predicted molar refractivity (Wildman–Crippen MR) is 77.5 cm³/mol. The van der Waals surface area contributed by atoms with E-state index in [0.29, 0.717) is 5.92 Å². The average Bonchev–Trinajstić information content (AvgIpc) is 2.62. The largest absolute Gasteiger partial charge is 0.394 e. The third-order valence-electron chi connectivity index (χ3n) is 3.76. The number of aryl methyl sites for hydroxylation is 1. The Morgan fingerprint density at radius 2 is 2.11 bits per heavy atom. The zero-order valence-corrected chi connectivity index (χ0v) is 12.3. The van der Waals surface area contributed by atoms with Crippen molar-refractivity contribution in [1.29, 1.82) is 0 Å². The molecule has 1 aliphatic heterocycles. The summed E-state index contributed by atoms with van der Waals surface area (Å²) in [5.74, 6) is 2.21. The molecule has 0 amide bonds. The smallest absolute Gasteiger partial charge is 0.133 e. The third-order valence-corrected chi connectivity index (χ3v) is 3.76. The Morgan fingerprint density at radius 3 is 2.79 bits per heavy atom. The van der Waals surface area contributed by atoms with Crippen molar-refractivity contribution >= 4 is 5.82 Å². The molecule has 1 N–H and O–H groups in total. The highest BCUT2D eigenvalue weighted by Crippen LogP contribution is 2.24. The molecule has 2 heterocycles. The van der Waals surface area contributed by atoms with Gasteiger partial charge in [0, 0.05) is 24.2 Å². The maximum Gasteiger partial charge on any atom is 0.133 e. The number of rotatable bonds is 3. The van der Waals surface area contributed by atoms with E-state index in [1.807, 2.05) is 13.0 Å². The molecule has 0 aliphatic carbocycles. The Labute approximate surface area is 115 Å². The van der Waals surface area contributed by atoms with Gasteiger partial charge in [0.05, 0.1) is 12.6 Å². The van der Waals surface area contributed by atoms with Gasteiger partial charge in [0.25, 0.3) is 0 Å². The van der Waals surface area contributed by atoms with E-state index in [2.05, 4.69) is 23.7 Å². The Morgan fingerprint density at radius 1 is 1.32 bits per heavy atom. The molecule has 1 aromatic rings. The highest BCUT2D eigenvalue weighted by molar-refractivity contribution is 5.41. The van der Waals surface area contributed by atoms with Crippen LogP contribution in [0.5, 0.6) is 0 Å². The van der Waals surface area contributed by atoms with Crippen molar-refractivity contribution < 1.29 is 5.11 Å². The van der Waals surface area contributed by atoms with Crippen molar-refractivity contribution in [1.82, 2.24) is 9.97 Å². The second kappa shape index (κ2) is 6.33. The van der Waals surface area contributed by atoms with Crippen molar-refractivity contribution in [3.8, 4) is 0 Å². The topological polar surface area (TPSA) is 49.2 Å². The molecule has 1 saturated heterocycles. The van der Waals surface area contributed by atoms with Crippen LogP contribution in [0.3, 0.4) is 0 Å². The summed E-state index contributed by atoms with van der Waals surface area (Å²) in [4.78, 5) is 11.5. The second-order valence-corrected chi connectivity index (χ2v) is 5.76. The van der Waals surface area contributed by atoms with E-state index in [9.17, 15) is 5.11 Å². The van der Waals surface area contributed by atoms with Crippen LogP contribution in [0, 0.1) is 6.92 Å². The van der Waals surface area contributed by atoms with Crippen LogP contribution in [0.1, 0.15) is 57.0 Å². The van der Waals surface area contributed by atoms with Gasteiger partial charge in [0.15, 0.2) is 0 Å². The fourth-order valence-corrected chi connectivity index (χ4v) is 2.65. The van der Waals surface area contributed by atoms with Crippen molar-refractivity contribution in [2.75, 3.05) is 18.1 Å². The molecule has 0 bridgehead atoms. The Kier molecular flexibility index (Phi) is 4.75. The number of hydrogen-bond donors (Lipinski definition) is 1. The molecule has 4 heteroatoms. The van der Waals surface area contributed by atoms with Gasteiger partial charge in [-0.1, -0.05) is 26.7 Å². The summed E-state index contributed by atoms with van der Waals surface area (Å²) in [7, 11) is 0. The normalized spacial score (nSPS) is 20.7. The van der Waals surface area contributed by atoms with E-state index in [4.69, 9.17) is 4.98 Å². The molecule has 19 heavy (non-hydrogen) atoms. The first-order chi connectivity index (χ1) is 9.11. The van der Waals surface area contributed by atoms with Crippen LogP contribution >= 0.6 is 0 Å². The molecule has 1 unspecified atom stereocenters. The van der Waals surface area contributed by atoms with Gasteiger partial charge in [-0.05, 0) is 19.8 Å². The number of hydrogen-bond acceptors (Lipinski definition) is 4. The molecular weight excluding hydrogens is 238 g/mol. The van der Waals surface area contributed by atoms with Gasteiger partial charge in [0.1, 0.15) is 11.6 Å². The lowest BCUT2D eigenvalue weighted by Gasteiger charge is -2.30. The van der Waals surface area contributed by atoms with E-state index in [0.717, 1.165) is 30.3 Å². The summed E-state index contributed by atoms with van der Waals surface area (Å²) in [5, 5.41) is 9.61. The maximum atomic E-state index is 9.61. The van der Waals surface area contributed by atoms with Gasteiger partial charge in [-0.25, -0.2) is 9.97 Å². The summed E-state index contributed by atoms with van der Waals surface area (Å²) in [6, 6.07) is 2.25. The van der Waals surface area contributed by atoms with Gasteiger partial charge in [-0.3, -0.25) is 0 Å². The number of nitrogens with zero attached hydrogens (tertiary/aromatic N) is 3. The van der Waals surface area contributed by atoms with E-state index in [1.54, 1.807) is 0 Å². The summed E-state index contributed by atoms with van der Waals surface area (Å²) in [6.45, 7) is 7.44. The van der Waals surface area contributed by atoms with Crippen molar-refractivity contribution in [3.63, 3.8) is 0 Å². The van der Waals surface area contributed by atoms with Crippen LogP contribution in [-0.2, 0) is 0 Å². The lowest BCUT2D eigenvalue weighted by atomic mass is 10.1. The minimum Gasteiger partial charge on any atom is -0.394 e. The third kappa shape index (κ3) is 3.44. The van der Waals surface area contributed by atoms with Crippen LogP contribution in [0.15, 0.2) is 6.07 Å². The summed E-state index contributed by atoms with van der Waals surface area (Å²) in [6.07, 6.45) is 4.67. The molecule has 1 aliphatic rings. The highest BCUT2D eigenvalue weighted by atomic mass is 16.3. The lowest BCUT2D eigenvalue weighted by Crippen LogP contribution is -2.38. The van der Waals surface area contributed by atoms with Gasteiger partial charge in [-0.2, -0.15) is 0 Å². The molecule has 0 radical (unpaired) electrons. The molecule has 4 nitrogen and oxygen atoms in total. The Balaban J connectivity index is 2.32. The van der Waals surface area contributed by atoms with Crippen LogP contribution in [0.25, 0.3) is 0 Å². The molecule has 1 aromatic heterocycles. The molecular formula is C15H25N3O. The van der Waals surface area contributed by atoms with Crippen LogP contribution in [-0.4, -0.2) is 34.3 Å². The number of aliphatic hydroxyl groups excluding tert-OH is 1. The quantitative estimate of drug-likeness (QED) is 0.911. The van der Waals surface area contributed by atoms with E-state index < -0.39 is 0 Å². The van der Waals surface area contributed by atoms with E-state index in [1.165, 1.54) is 19.3 Å². The second-order valence-electron chi connectivity index (χ2n) is 5.76. The molecule has 0 spiro atoms. The molecule has 106 valence electrons. The van der Waals surface area contributed by atoms with Crippen molar-refractivity contribution in [2.45, 2.75) is 58.4 Å². The van der Waals surface area contributed by atoms with Gasteiger partial charge >= 0.3 is 0 Å². The highest BCUT2D eigenvalue weighted by Gasteiger charge is 2.22. The van der Waals surface area contributed by atoms with E-state index >= 15 is 0 Å². The standard InChI is InChI=1S/C15H25N3O/c1-11(2)15-16-12(3)9-14(17-15)18-8-6-4-5-7-13(18)10-19/h9,11,13,19H,4-8,10H2,1-3H3. The van der Waals surface area contributed by atoms with E-state index in [-0.39, 0.29) is 12.6 Å². The van der Waals surface area contributed by atoms with Crippen molar-refractivity contribution in [3.05, 3.63) is 17.6 Å². The minimum atomic E-state index is 0.205. The summed E-state index contributed by atoms with van der Waals surface area (Å²) >= 11 is 0. The maximum absolute atomic E-state index is 9.61. The molecule has 0 aromatic carbocycles. The molecule has 1 fully saturated rings. The summed E-state index contributed by atoms with van der Waals surface area (Å²) in [5.41, 5.74) is 1.01. The first-order valence-electron chi connectivity index (χ1n) is 7.35.